The van der Waals surface area contributed by atoms with E-state index in [1.807, 2.05) is 45.0 Å². The Balaban J connectivity index is 1.90. The second-order valence-corrected chi connectivity index (χ2v) is 7.49. The van der Waals surface area contributed by atoms with Crippen LogP contribution < -0.4 is 5.32 Å². The van der Waals surface area contributed by atoms with Gasteiger partial charge >= 0.3 is 0 Å². The normalized spacial score (nSPS) is 16.3. The maximum atomic E-state index is 12.4. The van der Waals surface area contributed by atoms with E-state index in [1.165, 1.54) is 0 Å². The summed E-state index contributed by atoms with van der Waals surface area (Å²) < 4.78 is 2.64. The van der Waals surface area contributed by atoms with E-state index in [0.29, 0.717) is 18.2 Å². The largest absolute Gasteiger partial charge is 0.310 e. The molecule has 0 aliphatic carbocycles. The zero-order valence-corrected chi connectivity index (χ0v) is 16.3. The number of fused-ring (bicyclic) bond motifs is 1. The first-order valence-electron chi connectivity index (χ1n) is 8.40. The number of halogens is 1. The van der Waals surface area contributed by atoms with Crippen molar-refractivity contribution in [1.29, 1.82) is 0 Å². The van der Waals surface area contributed by atoms with Gasteiger partial charge in [-0.05, 0) is 44.5 Å². The zero-order valence-electron chi connectivity index (χ0n) is 14.7. The van der Waals surface area contributed by atoms with Crippen molar-refractivity contribution in [3.8, 4) is 5.95 Å². The molecule has 7 heteroatoms. The Kier molecular flexibility index (Phi) is 4.11. The van der Waals surface area contributed by atoms with Crippen LogP contribution in [-0.4, -0.2) is 25.7 Å². The van der Waals surface area contributed by atoms with Gasteiger partial charge in [0.15, 0.2) is 0 Å². The van der Waals surface area contributed by atoms with E-state index in [-0.39, 0.29) is 11.8 Å². The maximum absolute atomic E-state index is 12.4. The van der Waals surface area contributed by atoms with E-state index in [0.717, 1.165) is 32.7 Å². The lowest BCUT2D eigenvalue weighted by Gasteiger charge is -2.24. The minimum absolute atomic E-state index is 0.0343. The van der Waals surface area contributed by atoms with Crippen molar-refractivity contribution >= 4 is 27.7 Å². The molecule has 0 saturated carbocycles. The highest BCUT2D eigenvalue weighted by Gasteiger charge is 2.33. The molecule has 0 bridgehead atoms. The van der Waals surface area contributed by atoms with E-state index in [1.54, 1.807) is 4.68 Å². The fourth-order valence-corrected chi connectivity index (χ4v) is 3.92. The number of aromatic nitrogens is 4. The van der Waals surface area contributed by atoms with E-state index in [4.69, 9.17) is 0 Å². The molecule has 1 N–H and O–H groups in total. The number of nitrogens with one attached hydrogen (secondary N) is 1. The van der Waals surface area contributed by atoms with E-state index < -0.39 is 0 Å². The molecule has 1 atom stereocenters. The first kappa shape index (κ1) is 16.9. The molecule has 3 aromatic rings. The lowest BCUT2D eigenvalue weighted by Crippen LogP contribution is -2.25. The Hall–Kier alpha value is -2.54. The fourth-order valence-electron chi connectivity index (χ4n) is 3.50. The van der Waals surface area contributed by atoms with Crippen LogP contribution in [0.4, 0.5) is 5.82 Å². The quantitative estimate of drug-likeness (QED) is 0.695. The Bertz CT molecular complexity index is 1010. The second kappa shape index (κ2) is 6.32. The Labute approximate surface area is 159 Å². The molecule has 1 aliphatic rings. The lowest BCUT2D eigenvalue weighted by molar-refractivity contribution is -0.116. The number of hydrogen-bond donors (Lipinski definition) is 1. The lowest BCUT2D eigenvalue weighted by atomic mass is 9.86. The number of anilines is 1. The van der Waals surface area contributed by atoms with Crippen LogP contribution in [0.1, 0.15) is 40.5 Å². The van der Waals surface area contributed by atoms with Gasteiger partial charge in [-0.15, -0.1) is 0 Å². The van der Waals surface area contributed by atoms with Crippen LogP contribution in [0.15, 0.2) is 34.8 Å². The molecule has 132 valence electrons. The minimum Gasteiger partial charge on any atom is -0.310 e. The molecule has 4 rings (SSSR count). The van der Waals surface area contributed by atoms with Gasteiger partial charge in [-0.1, -0.05) is 28.1 Å². The minimum atomic E-state index is -0.0455. The van der Waals surface area contributed by atoms with E-state index in [9.17, 15) is 4.79 Å². The summed E-state index contributed by atoms with van der Waals surface area (Å²) in [7, 11) is 0. The van der Waals surface area contributed by atoms with Gasteiger partial charge in [0, 0.05) is 33.8 Å². The van der Waals surface area contributed by atoms with Crippen molar-refractivity contribution in [2.24, 2.45) is 0 Å². The van der Waals surface area contributed by atoms with E-state index in [2.05, 4.69) is 42.4 Å². The summed E-state index contributed by atoms with van der Waals surface area (Å²) in [6.07, 6.45) is 0.393. The molecule has 1 aromatic carbocycles. The number of hydrogen-bond acceptors (Lipinski definition) is 4. The van der Waals surface area contributed by atoms with Crippen LogP contribution in [0.25, 0.3) is 5.95 Å². The number of nitrogens with zero attached hydrogens (tertiary/aromatic N) is 4. The Morgan fingerprint density at radius 1 is 1.15 bits per heavy atom. The average molecular weight is 412 g/mol. The standard InChI is InChI=1S/C19H18BrN5O/c1-10-7-11(2)22-19(21-10)25-18-17(12(3)24-25)15(9-16(26)23-18)13-5-4-6-14(20)8-13/h4-8,15H,9H2,1-3H3,(H,23,26)/t15-/m1/s1. The summed E-state index contributed by atoms with van der Waals surface area (Å²) in [6, 6.07) is 9.97. The van der Waals surface area contributed by atoms with Gasteiger partial charge in [0.1, 0.15) is 5.82 Å². The molecule has 0 spiro atoms. The van der Waals surface area contributed by atoms with Crippen molar-refractivity contribution in [2.45, 2.75) is 33.1 Å². The van der Waals surface area contributed by atoms with Crippen LogP contribution in [0.5, 0.6) is 0 Å². The Morgan fingerprint density at radius 3 is 2.58 bits per heavy atom. The van der Waals surface area contributed by atoms with Crippen molar-refractivity contribution in [3.63, 3.8) is 0 Å². The number of amides is 1. The fraction of sp³-hybridized carbons (Fsp3) is 0.263. The highest BCUT2D eigenvalue weighted by molar-refractivity contribution is 9.10. The Morgan fingerprint density at radius 2 is 1.88 bits per heavy atom. The third-order valence-corrected chi connectivity index (χ3v) is 5.01. The molecule has 0 fully saturated rings. The summed E-state index contributed by atoms with van der Waals surface area (Å²) in [6.45, 7) is 5.80. The highest BCUT2D eigenvalue weighted by atomic mass is 79.9. The molecule has 26 heavy (non-hydrogen) atoms. The van der Waals surface area contributed by atoms with Crippen molar-refractivity contribution in [3.05, 3.63) is 63.0 Å². The van der Waals surface area contributed by atoms with Gasteiger partial charge in [0.05, 0.1) is 5.69 Å². The molecular formula is C19H18BrN5O. The molecule has 0 unspecified atom stereocenters. The molecular weight excluding hydrogens is 394 g/mol. The van der Waals surface area contributed by atoms with Gasteiger partial charge in [-0.3, -0.25) is 4.79 Å². The first-order valence-corrected chi connectivity index (χ1v) is 9.19. The molecule has 6 nitrogen and oxygen atoms in total. The van der Waals surface area contributed by atoms with Gasteiger partial charge in [-0.2, -0.15) is 9.78 Å². The number of carbonyl (C=O) groups is 1. The van der Waals surface area contributed by atoms with Crippen molar-refractivity contribution in [2.75, 3.05) is 5.32 Å². The molecule has 0 radical (unpaired) electrons. The molecule has 3 heterocycles. The average Bonchev–Trinajstić information content (AvgIpc) is 2.90. The number of carbonyl (C=O) groups excluding carboxylic acids is 1. The summed E-state index contributed by atoms with van der Waals surface area (Å²) in [5.74, 6) is 1.06. The van der Waals surface area contributed by atoms with Crippen LogP contribution in [-0.2, 0) is 4.79 Å². The molecule has 1 aliphatic heterocycles. The third-order valence-electron chi connectivity index (χ3n) is 4.51. The summed E-state index contributed by atoms with van der Waals surface area (Å²) in [4.78, 5) is 21.4. The second-order valence-electron chi connectivity index (χ2n) is 6.57. The SMILES string of the molecule is Cc1cc(C)nc(-n2nc(C)c3c2NC(=O)C[C@@H]3c2cccc(Br)c2)n1. The first-order chi connectivity index (χ1) is 12.4. The third kappa shape index (κ3) is 2.92. The summed E-state index contributed by atoms with van der Waals surface area (Å²) in [5, 5.41) is 7.61. The van der Waals surface area contributed by atoms with Crippen molar-refractivity contribution in [1.82, 2.24) is 19.7 Å². The number of aryl methyl sites for hydroxylation is 3. The topological polar surface area (TPSA) is 72.7 Å². The van der Waals surface area contributed by atoms with Crippen molar-refractivity contribution < 1.29 is 4.79 Å². The molecule has 2 aromatic heterocycles. The monoisotopic (exact) mass is 411 g/mol. The maximum Gasteiger partial charge on any atom is 0.252 e. The molecule has 1 amide bonds. The van der Waals surface area contributed by atoms with Gasteiger partial charge in [0.2, 0.25) is 5.91 Å². The van der Waals surface area contributed by atoms with Crippen LogP contribution in [0, 0.1) is 20.8 Å². The van der Waals surface area contributed by atoms with Gasteiger partial charge in [0.25, 0.3) is 5.95 Å². The van der Waals surface area contributed by atoms with Crippen LogP contribution in [0.3, 0.4) is 0 Å². The summed E-state index contributed by atoms with van der Waals surface area (Å²) in [5.41, 5.74) is 4.69. The van der Waals surface area contributed by atoms with Crippen LogP contribution >= 0.6 is 15.9 Å². The predicted molar refractivity (Wildman–Crippen MR) is 103 cm³/mol. The van der Waals surface area contributed by atoms with Crippen LogP contribution in [0.2, 0.25) is 0 Å². The smallest absolute Gasteiger partial charge is 0.252 e. The number of rotatable bonds is 2. The number of benzene rings is 1. The summed E-state index contributed by atoms with van der Waals surface area (Å²) >= 11 is 3.52. The van der Waals surface area contributed by atoms with Gasteiger partial charge in [-0.25, -0.2) is 9.97 Å². The van der Waals surface area contributed by atoms with Gasteiger partial charge < -0.3 is 5.32 Å². The highest BCUT2D eigenvalue weighted by Crippen LogP contribution is 2.40. The zero-order chi connectivity index (χ0) is 18.4. The van der Waals surface area contributed by atoms with E-state index >= 15 is 0 Å². The molecule has 0 saturated heterocycles. The predicted octanol–water partition coefficient (Wildman–Crippen LogP) is 3.82.